The molecular weight excluding hydrogens is 220 g/mol. The highest BCUT2D eigenvalue weighted by molar-refractivity contribution is 6.05. The van der Waals surface area contributed by atoms with E-state index in [1.54, 1.807) is 24.3 Å². The van der Waals surface area contributed by atoms with E-state index in [2.05, 4.69) is 4.74 Å². The van der Waals surface area contributed by atoms with Gasteiger partial charge in [0, 0.05) is 0 Å². The van der Waals surface area contributed by atoms with Crippen molar-refractivity contribution in [3.05, 3.63) is 47.5 Å². The zero-order valence-corrected chi connectivity index (χ0v) is 9.14. The molecule has 0 aliphatic heterocycles. The monoisotopic (exact) mass is 230 g/mol. The zero-order chi connectivity index (χ0) is 12.4. The summed E-state index contributed by atoms with van der Waals surface area (Å²) in [6, 6.07) is 9.82. The minimum absolute atomic E-state index is 0.174. The Bertz CT molecular complexity index is 601. The molecule has 0 saturated heterocycles. The number of carboxylic acids is 1. The highest BCUT2D eigenvalue weighted by Crippen LogP contribution is 2.21. The van der Waals surface area contributed by atoms with Crippen LogP contribution in [0.25, 0.3) is 10.8 Å². The number of esters is 1. The van der Waals surface area contributed by atoms with Gasteiger partial charge in [-0.1, -0.05) is 18.2 Å². The van der Waals surface area contributed by atoms with E-state index in [1.165, 1.54) is 19.2 Å². The summed E-state index contributed by atoms with van der Waals surface area (Å²) >= 11 is 0. The second kappa shape index (κ2) is 4.25. The summed E-state index contributed by atoms with van der Waals surface area (Å²) in [7, 11) is 1.29. The van der Waals surface area contributed by atoms with E-state index in [0.29, 0.717) is 10.9 Å². The molecule has 4 heteroatoms. The zero-order valence-electron chi connectivity index (χ0n) is 9.14. The quantitative estimate of drug-likeness (QED) is 0.804. The molecule has 0 unspecified atom stereocenters. The molecule has 17 heavy (non-hydrogen) atoms. The summed E-state index contributed by atoms with van der Waals surface area (Å²) < 4.78 is 4.60. The summed E-state index contributed by atoms with van der Waals surface area (Å²) in [5.74, 6) is -1.50. The number of benzene rings is 2. The second-order valence-electron chi connectivity index (χ2n) is 3.54. The van der Waals surface area contributed by atoms with Crippen LogP contribution >= 0.6 is 0 Å². The average molecular weight is 230 g/mol. The SMILES string of the molecule is COC(=O)c1ccc2cccc(C(=O)O)c2c1. The van der Waals surface area contributed by atoms with Gasteiger partial charge in [-0.2, -0.15) is 0 Å². The van der Waals surface area contributed by atoms with Crippen LogP contribution in [0.15, 0.2) is 36.4 Å². The molecule has 0 aliphatic rings. The average Bonchev–Trinajstić information content (AvgIpc) is 2.36. The third-order valence-electron chi connectivity index (χ3n) is 2.53. The van der Waals surface area contributed by atoms with Crippen LogP contribution in [-0.2, 0) is 4.74 Å². The van der Waals surface area contributed by atoms with E-state index in [9.17, 15) is 9.59 Å². The molecule has 0 amide bonds. The van der Waals surface area contributed by atoms with E-state index in [-0.39, 0.29) is 5.56 Å². The summed E-state index contributed by atoms with van der Waals surface area (Å²) in [5.41, 5.74) is 0.516. The third kappa shape index (κ3) is 1.97. The highest BCUT2D eigenvalue weighted by atomic mass is 16.5. The van der Waals surface area contributed by atoms with Crippen LogP contribution in [0.1, 0.15) is 20.7 Å². The second-order valence-corrected chi connectivity index (χ2v) is 3.54. The lowest BCUT2D eigenvalue weighted by Gasteiger charge is -2.04. The van der Waals surface area contributed by atoms with Crippen LogP contribution in [0.3, 0.4) is 0 Å². The Labute approximate surface area is 97.4 Å². The lowest BCUT2D eigenvalue weighted by molar-refractivity contribution is 0.0599. The molecule has 0 heterocycles. The molecule has 86 valence electrons. The van der Waals surface area contributed by atoms with E-state index >= 15 is 0 Å². The molecule has 0 bridgehead atoms. The first kappa shape index (κ1) is 11.1. The van der Waals surface area contributed by atoms with Crippen molar-refractivity contribution in [3.8, 4) is 0 Å². The predicted octanol–water partition coefficient (Wildman–Crippen LogP) is 2.32. The van der Waals surface area contributed by atoms with Crippen LogP contribution in [0.4, 0.5) is 0 Å². The Morgan fingerprint density at radius 2 is 1.94 bits per heavy atom. The minimum Gasteiger partial charge on any atom is -0.478 e. The number of carbonyl (C=O) groups excluding carboxylic acids is 1. The molecule has 2 aromatic rings. The fraction of sp³-hybridized carbons (Fsp3) is 0.0769. The van der Waals surface area contributed by atoms with Crippen molar-refractivity contribution in [2.45, 2.75) is 0 Å². The van der Waals surface area contributed by atoms with Gasteiger partial charge in [-0.25, -0.2) is 9.59 Å². The van der Waals surface area contributed by atoms with Crippen molar-refractivity contribution in [1.29, 1.82) is 0 Å². The van der Waals surface area contributed by atoms with Gasteiger partial charge < -0.3 is 9.84 Å². The maximum Gasteiger partial charge on any atom is 0.337 e. The lowest BCUT2D eigenvalue weighted by atomic mass is 10.0. The van der Waals surface area contributed by atoms with Gasteiger partial charge in [0.2, 0.25) is 0 Å². The fourth-order valence-electron chi connectivity index (χ4n) is 1.70. The number of fused-ring (bicyclic) bond motifs is 1. The fourth-order valence-corrected chi connectivity index (χ4v) is 1.70. The highest BCUT2D eigenvalue weighted by Gasteiger charge is 2.11. The standard InChI is InChI=1S/C13H10O4/c1-17-13(16)9-6-5-8-3-2-4-10(12(14)15)11(8)7-9/h2-7H,1H3,(H,14,15). The van der Waals surface area contributed by atoms with Crippen LogP contribution in [0, 0.1) is 0 Å². The molecule has 0 spiro atoms. The van der Waals surface area contributed by atoms with Gasteiger partial charge in [-0.05, 0) is 29.0 Å². The molecule has 0 atom stereocenters. The third-order valence-corrected chi connectivity index (χ3v) is 2.53. The van der Waals surface area contributed by atoms with Gasteiger partial charge in [-0.15, -0.1) is 0 Å². The molecule has 0 aromatic heterocycles. The van der Waals surface area contributed by atoms with Crippen molar-refractivity contribution in [2.24, 2.45) is 0 Å². The molecule has 2 rings (SSSR count). The summed E-state index contributed by atoms with van der Waals surface area (Å²) in [6.45, 7) is 0. The Balaban J connectivity index is 2.70. The number of carbonyl (C=O) groups is 2. The molecule has 0 radical (unpaired) electrons. The van der Waals surface area contributed by atoms with Crippen molar-refractivity contribution in [1.82, 2.24) is 0 Å². The topological polar surface area (TPSA) is 63.6 Å². The summed E-state index contributed by atoms with van der Waals surface area (Å²) in [6.07, 6.45) is 0. The molecule has 0 saturated carbocycles. The Morgan fingerprint density at radius 1 is 1.18 bits per heavy atom. The Hall–Kier alpha value is -2.36. The van der Waals surface area contributed by atoms with Crippen molar-refractivity contribution in [3.63, 3.8) is 0 Å². The van der Waals surface area contributed by atoms with Crippen LogP contribution < -0.4 is 0 Å². The maximum atomic E-state index is 11.4. The van der Waals surface area contributed by atoms with Crippen LogP contribution in [0.5, 0.6) is 0 Å². The van der Waals surface area contributed by atoms with Gasteiger partial charge in [0.15, 0.2) is 0 Å². The number of hydrogen-bond donors (Lipinski definition) is 1. The predicted molar refractivity (Wildman–Crippen MR) is 62.2 cm³/mol. The number of rotatable bonds is 2. The van der Waals surface area contributed by atoms with Gasteiger partial charge >= 0.3 is 11.9 Å². The Morgan fingerprint density at radius 3 is 2.59 bits per heavy atom. The first-order valence-corrected chi connectivity index (χ1v) is 4.98. The van der Waals surface area contributed by atoms with E-state index in [4.69, 9.17) is 5.11 Å². The smallest absolute Gasteiger partial charge is 0.337 e. The molecule has 0 aliphatic carbocycles. The normalized spacial score (nSPS) is 10.2. The van der Waals surface area contributed by atoms with Gasteiger partial charge in [0.05, 0.1) is 18.2 Å². The first-order valence-electron chi connectivity index (χ1n) is 4.98. The Kier molecular flexibility index (Phi) is 2.78. The molecule has 1 N–H and O–H groups in total. The van der Waals surface area contributed by atoms with Crippen molar-refractivity contribution in [2.75, 3.05) is 7.11 Å². The molecule has 2 aromatic carbocycles. The van der Waals surface area contributed by atoms with Gasteiger partial charge in [0.25, 0.3) is 0 Å². The van der Waals surface area contributed by atoms with Crippen molar-refractivity contribution < 1.29 is 19.4 Å². The summed E-state index contributed by atoms with van der Waals surface area (Å²) in [5, 5.41) is 10.4. The molecule has 4 nitrogen and oxygen atoms in total. The van der Waals surface area contributed by atoms with E-state index in [1.807, 2.05) is 0 Å². The molecular formula is C13H10O4. The number of carboxylic acid groups (broad SMARTS) is 1. The number of methoxy groups -OCH3 is 1. The van der Waals surface area contributed by atoms with E-state index in [0.717, 1.165) is 5.39 Å². The lowest BCUT2D eigenvalue weighted by Crippen LogP contribution is -2.02. The van der Waals surface area contributed by atoms with Gasteiger partial charge in [-0.3, -0.25) is 0 Å². The van der Waals surface area contributed by atoms with Crippen molar-refractivity contribution >= 4 is 22.7 Å². The molecule has 0 fully saturated rings. The largest absolute Gasteiger partial charge is 0.478 e. The number of hydrogen-bond acceptors (Lipinski definition) is 3. The van der Waals surface area contributed by atoms with E-state index < -0.39 is 11.9 Å². The van der Waals surface area contributed by atoms with Crippen LogP contribution in [0.2, 0.25) is 0 Å². The van der Waals surface area contributed by atoms with Crippen LogP contribution in [-0.4, -0.2) is 24.2 Å². The maximum absolute atomic E-state index is 11.4. The van der Waals surface area contributed by atoms with Gasteiger partial charge in [0.1, 0.15) is 0 Å². The minimum atomic E-state index is -1.02. The number of aromatic carboxylic acids is 1. The number of ether oxygens (including phenoxy) is 1. The summed E-state index contributed by atoms with van der Waals surface area (Å²) in [4.78, 5) is 22.4. The first-order chi connectivity index (χ1) is 8.13.